The summed E-state index contributed by atoms with van der Waals surface area (Å²) in [6.45, 7) is 0.444. The first-order valence-electron chi connectivity index (χ1n) is 6.88. The summed E-state index contributed by atoms with van der Waals surface area (Å²) >= 11 is 0. The highest BCUT2D eigenvalue weighted by Gasteiger charge is 2.08. The van der Waals surface area contributed by atoms with Crippen LogP contribution in [0.2, 0.25) is 0 Å². The van der Waals surface area contributed by atoms with Gasteiger partial charge in [0.25, 0.3) is 5.91 Å². The van der Waals surface area contributed by atoms with Gasteiger partial charge in [-0.1, -0.05) is 0 Å². The minimum Gasteiger partial charge on any atom is -0.497 e. The fourth-order valence-corrected chi connectivity index (χ4v) is 2.09. The molecular weight excluding hydrogens is 285 g/mol. The molecule has 1 N–H and O–H groups in total. The van der Waals surface area contributed by atoms with Gasteiger partial charge in [-0.05, 0) is 54.4 Å². The van der Waals surface area contributed by atoms with Crippen LogP contribution in [0.25, 0.3) is 0 Å². The highest BCUT2D eigenvalue weighted by Crippen LogP contribution is 2.24. The molecule has 4 nitrogen and oxygen atoms in total. The van der Waals surface area contributed by atoms with Crippen LogP contribution in [0.15, 0.2) is 42.5 Å². The molecule has 0 aliphatic heterocycles. The van der Waals surface area contributed by atoms with Crippen LogP contribution in [0.4, 0.5) is 4.39 Å². The van der Waals surface area contributed by atoms with E-state index in [1.807, 2.05) is 18.2 Å². The predicted octanol–water partition coefficient (Wildman–Crippen LogP) is 2.82. The monoisotopic (exact) mass is 303 g/mol. The second-order valence-electron chi connectivity index (χ2n) is 4.69. The molecule has 1 amide bonds. The third kappa shape index (κ3) is 3.97. The largest absolute Gasteiger partial charge is 0.497 e. The summed E-state index contributed by atoms with van der Waals surface area (Å²) in [6, 6.07) is 11.0. The molecule has 2 aromatic carbocycles. The van der Waals surface area contributed by atoms with E-state index in [2.05, 4.69) is 5.32 Å². The third-order valence-corrected chi connectivity index (χ3v) is 3.27. The lowest BCUT2D eigenvalue weighted by atomic mass is 10.1. The zero-order valence-electron chi connectivity index (χ0n) is 12.6. The van der Waals surface area contributed by atoms with Crippen LogP contribution in [0.5, 0.6) is 11.5 Å². The van der Waals surface area contributed by atoms with E-state index in [4.69, 9.17) is 9.47 Å². The van der Waals surface area contributed by atoms with E-state index >= 15 is 0 Å². The Morgan fingerprint density at radius 1 is 1.09 bits per heavy atom. The van der Waals surface area contributed by atoms with E-state index in [0.717, 1.165) is 17.1 Å². The minimum atomic E-state index is -0.363. The maximum atomic E-state index is 12.8. The van der Waals surface area contributed by atoms with Crippen LogP contribution >= 0.6 is 0 Å². The number of ether oxygens (including phenoxy) is 2. The van der Waals surface area contributed by atoms with Gasteiger partial charge in [0.15, 0.2) is 0 Å². The van der Waals surface area contributed by atoms with Crippen molar-refractivity contribution in [3.05, 3.63) is 59.4 Å². The average Bonchev–Trinajstić information content (AvgIpc) is 2.55. The van der Waals surface area contributed by atoms with Crippen LogP contribution in [0, 0.1) is 5.82 Å². The van der Waals surface area contributed by atoms with E-state index in [-0.39, 0.29) is 11.7 Å². The molecule has 5 heteroatoms. The molecule has 0 spiro atoms. The Labute approximate surface area is 128 Å². The summed E-state index contributed by atoms with van der Waals surface area (Å²) in [5.74, 6) is 0.886. The SMILES string of the molecule is COc1ccc(OC)c(CCNC(=O)c2ccc(F)cc2)c1. The van der Waals surface area contributed by atoms with Gasteiger partial charge in [0.2, 0.25) is 0 Å². The Balaban J connectivity index is 1.95. The highest BCUT2D eigenvalue weighted by molar-refractivity contribution is 5.94. The molecule has 0 aliphatic rings. The summed E-state index contributed by atoms with van der Waals surface area (Å²) in [7, 11) is 3.20. The quantitative estimate of drug-likeness (QED) is 0.892. The van der Waals surface area contributed by atoms with Gasteiger partial charge < -0.3 is 14.8 Å². The number of carbonyl (C=O) groups is 1. The molecule has 0 aromatic heterocycles. The number of benzene rings is 2. The van der Waals surface area contributed by atoms with Gasteiger partial charge in [-0.15, -0.1) is 0 Å². The van der Waals surface area contributed by atoms with E-state index in [0.29, 0.717) is 18.5 Å². The Bertz CT molecular complexity index is 641. The number of rotatable bonds is 6. The highest BCUT2D eigenvalue weighted by atomic mass is 19.1. The molecule has 0 radical (unpaired) electrons. The molecule has 116 valence electrons. The Kier molecular flexibility index (Phi) is 5.36. The van der Waals surface area contributed by atoms with Crippen molar-refractivity contribution in [3.8, 4) is 11.5 Å². The fraction of sp³-hybridized carbons (Fsp3) is 0.235. The van der Waals surface area contributed by atoms with Crippen molar-refractivity contribution in [1.82, 2.24) is 5.32 Å². The normalized spacial score (nSPS) is 10.1. The molecule has 2 rings (SSSR count). The van der Waals surface area contributed by atoms with Crippen molar-refractivity contribution in [1.29, 1.82) is 0 Å². The molecule has 0 aliphatic carbocycles. The van der Waals surface area contributed by atoms with Gasteiger partial charge in [0, 0.05) is 12.1 Å². The number of halogens is 1. The maximum Gasteiger partial charge on any atom is 0.251 e. The molecule has 0 saturated carbocycles. The van der Waals surface area contributed by atoms with E-state index in [1.54, 1.807) is 14.2 Å². The van der Waals surface area contributed by atoms with Crippen molar-refractivity contribution in [2.75, 3.05) is 20.8 Å². The minimum absolute atomic E-state index is 0.234. The van der Waals surface area contributed by atoms with Gasteiger partial charge in [-0.2, -0.15) is 0 Å². The summed E-state index contributed by atoms with van der Waals surface area (Å²) in [6.07, 6.45) is 0.604. The van der Waals surface area contributed by atoms with Crippen LogP contribution in [0.3, 0.4) is 0 Å². The number of nitrogens with one attached hydrogen (secondary N) is 1. The van der Waals surface area contributed by atoms with Crippen molar-refractivity contribution in [3.63, 3.8) is 0 Å². The summed E-state index contributed by atoms with van der Waals surface area (Å²) in [5.41, 5.74) is 1.38. The van der Waals surface area contributed by atoms with E-state index in [1.165, 1.54) is 24.3 Å². The smallest absolute Gasteiger partial charge is 0.251 e. The Morgan fingerprint density at radius 2 is 1.82 bits per heavy atom. The first-order valence-corrected chi connectivity index (χ1v) is 6.88. The third-order valence-electron chi connectivity index (χ3n) is 3.27. The van der Waals surface area contributed by atoms with Crippen LogP contribution in [-0.4, -0.2) is 26.7 Å². The molecule has 0 heterocycles. The first kappa shape index (κ1) is 15.8. The number of hydrogen-bond donors (Lipinski definition) is 1. The Hall–Kier alpha value is -2.56. The molecule has 22 heavy (non-hydrogen) atoms. The fourth-order valence-electron chi connectivity index (χ4n) is 2.09. The second-order valence-corrected chi connectivity index (χ2v) is 4.69. The van der Waals surface area contributed by atoms with Crippen LogP contribution < -0.4 is 14.8 Å². The summed E-state index contributed by atoms with van der Waals surface area (Å²) in [4.78, 5) is 11.9. The number of hydrogen-bond acceptors (Lipinski definition) is 3. The number of methoxy groups -OCH3 is 2. The molecular formula is C17H18FNO3. The van der Waals surface area contributed by atoms with Gasteiger partial charge in [0.05, 0.1) is 14.2 Å². The topological polar surface area (TPSA) is 47.6 Å². The van der Waals surface area contributed by atoms with Gasteiger partial charge in [0.1, 0.15) is 17.3 Å². The maximum absolute atomic E-state index is 12.8. The predicted molar refractivity (Wildman–Crippen MR) is 82.0 cm³/mol. The summed E-state index contributed by atoms with van der Waals surface area (Å²) in [5, 5.41) is 2.80. The zero-order chi connectivity index (χ0) is 15.9. The lowest BCUT2D eigenvalue weighted by Gasteiger charge is -2.11. The van der Waals surface area contributed by atoms with Crippen LogP contribution in [0.1, 0.15) is 15.9 Å². The van der Waals surface area contributed by atoms with E-state index < -0.39 is 0 Å². The first-order chi connectivity index (χ1) is 10.6. The standard InChI is InChI=1S/C17H18FNO3/c1-21-15-7-8-16(22-2)13(11-15)9-10-19-17(20)12-3-5-14(18)6-4-12/h3-8,11H,9-10H2,1-2H3,(H,19,20). The van der Waals surface area contributed by atoms with Crippen molar-refractivity contribution >= 4 is 5.91 Å². The number of amides is 1. The lowest BCUT2D eigenvalue weighted by Crippen LogP contribution is -2.25. The molecule has 0 atom stereocenters. The van der Waals surface area contributed by atoms with Crippen molar-refractivity contribution < 1.29 is 18.7 Å². The van der Waals surface area contributed by atoms with Crippen molar-refractivity contribution in [2.24, 2.45) is 0 Å². The van der Waals surface area contributed by atoms with Gasteiger partial charge in [-0.3, -0.25) is 4.79 Å². The van der Waals surface area contributed by atoms with Crippen LogP contribution in [-0.2, 0) is 6.42 Å². The molecule has 0 bridgehead atoms. The number of carbonyl (C=O) groups excluding carboxylic acids is 1. The van der Waals surface area contributed by atoms with Crippen molar-refractivity contribution in [2.45, 2.75) is 6.42 Å². The zero-order valence-corrected chi connectivity index (χ0v) is 12.6. The molecule has 0 fully saturated rings. The lowest BCUT2D eigenvalue weighted by molar-refractivity contribution is 0.0954. The van der Waals surface area contributed by atoms with Gasteiger partial charge in [-0.25, -0.2) is 4.39 Å². The molecule has 0 saturated heterocycles. The average molecular weight is 303 g/mol. The Morgan fingerprint density at radius 3 is 2.45 bits per heavy atom. The van der Waals surface area contributed by atoms with Gasteiger partial charge >= 0.3 is 0 Å². The van der Waals surface area contributed by atoms with E-state index in [9.17, 15) is 9.18 Å². The molecule has 2 aromatic rings. The second kappa shape index (κ2) is 7.45. The molecule has 0 unspecified atom stereocenters. The summed E-state index contributed by atoms with van der Waals surface area (Å²) < 4.78 is 23.3.